The van der Waals surface area contributed by atoms with Gasteiger partial charge in [-0.05, 0) is 12.1 Å². The Hall–Kier alpha value is -1.11. The number of thioether (sulfide) groups is 1. The maximum atomic E-state index is 12.3. The smallest absolute Gasteiger partial charge is 0.240 e. The van der Waals surface area contributed by atoms with Crippen LogP contribution in [0.15, 0.2) is 24.3 Å². The molecule has 0 bridgehead atoms. The molecule has 2 fully saturated rings. The van der Waals surface area contributed by atoms with Crippen LogP contribution >= 0.6 is 24.2 Å². The highest BCUT2D eigenvalue weighted by molar-refractivity contribution is 7.99. The number of halogens is 1. The molecule has 0 saturated carbocycles. The minimum atomic E-state index is -0.0170. The second-order valence-corrected chi connectivity index (χ2v) is 6.10. The van der Waals surface area contributed by atoms with Crippen LogP contribution in [0, 0.1) is 0 Å². The van der Waals surface area contributed by atoms with E-state index in [9.17, 15) is 9.90 Å². The number of carbonyl (C=O) groups excluding carboxylic acids is 1. The molecule has 0 radical (unpaired) electrons. The van der Waals surface area contributed by atoms with Crippen molar-refractivity contribution in [2.75, 3.05) is 42.7 Å². The molecule has 1 aromatic carbocycles. The van der Waals surface area contributed by atoms with Gasteiger partial charge in [-0.15, -0.1) is 24.2 Å². The fourth-order valence-corrected chi connectivity index (χ4v) is 3.61. The maximum absolute atomic E-state index is 12.3. The molecule has 2 aliphatic heterocycles. The van der Waals surface area contributed by atoms with Crippen molar-refractivity contribution in [1.29, 1.82) is 0 Å². The highest BCUT2D eigenvalue weighted by Crippen LogP contribution is 2.27. The van der Waals surface area contributed by atoms with Crippen molar-refractivity contribution in [3.63, 3.8) is 0 Å². The first kappa shape index (κ1) is 16.3. The molecule has 5 nitrogen and oxygen atoms in total. The highest BCUT2D eigenvalue weighted by Gasteiger charge is 2.29. The number of amides is 1. The first-order chi connectivity index (χ1) is 9.75. The van der Waals surface area contributed by atoms with Gasteiger partial charge in [0.25, 0.3) is 0 Å². The van der Waals surface area contributed by atoms with Gasteiger partial charge in [-0.1, -0.05) is 12.1 Å². The summed E-state index contributed by atoms with van der Waals surface area (Å²) in [6, 6.07) is 7.35. The molecule has 2 heterocycles. The molecule has 1 amide bonds. The van der Waals surface area contributed by atoms with Gasteiger partial charge in [0.2, 0.25) is 5.91 Å². The quantitative estimate of drug-likeness (QED) is 0.852. The summed E-state index contributed by atoms with van der Waals surface area (Å²) in [6.45, 7) is 2.97. The van der Waals surface area contributed by atoms with Crippen molar-refractivity contribution in [1.82, 2.24) is 10.2 Å². The van der Waals surface area contributed by atoms with Crippen molar-refractivity contribution >= 4 is 35.8 Å². The molecule has 2 aliphatic rings. The normalized spacial score (nSPS) is 22.0. The fraction of sp³-hybridized carbons (Fsp3) is 0.500. The number of carbonyl (C=O) groups is 1. The topological polar surface area (TPSA) is 55.8 Å². The highest BCUT2D eigenvalue weighted by atomic mass is 35.5. The Morgan fingerprint density at radius 3 is 2.57 bits per heavy atom. The molecule has 0 aliphatic carbocycles. The number of rotatable bonds is 2. The van der Waals surface area contributed by atoms with Crippen LogP contribution in [0.4, 0.5) is 5.69 Å². The molecule has 2 N–H and O–H groups in total. The Morgan fingerprint density at radius 1 is 1.24 bits per heavy atom. The van der Waals surface area contributed by atoms with Gasteiger partial charge in [-0.25, -0.2) is 0 Å². The summed E-state index contributed by atoms with van der Waals surface area (Å²) in [7, 11) is 0. The summed E-state index contributed by atoms with van der Waals surface area (Å²) in [5.74, 6) is 2.26. The van der Waals surface area contributed by atoms with E-state index in [0.29, 0.717) is 5.75 Å². The van der Waals surface area contributed by atoms with Crippen LogP contribution in [-0.2, 0) is 4.79 Å². The molecule has 1 unspecified atom stereocenters. The Bertz CT molecular complexity index is 489. The molecule has 21 heavy (non-hydrogen) atoms. The third kappa shape index (κ3) is 3.56. The number of aromatic hydroxyl groups is 1. The van der Waals surface area contributed by atoms with Crippen LogP contribution in [0.2, 0.25) is 0 Å². The molecular formula is C14H20ClN3O2S. The molecule has 1 aromatic rings. The zero-order valence-electron chi connectivity index (χ0n) is 11.7. The van der Waals surface area contributed by atoms with Crippen LogP contribution < -0.4 is 10.2 Å². The fourth-order valence-electron chi connectivity index (χ4n) is 2.67. The van der Waals surface area contributed by atoms with E-state index >= 15 is 0 Å². The summed E-state index contributed by atoms with van der Waals surface area (Å²) in [5, 5.41) is 13.1. The largest absolute Gasteiger partial charge is 0.506 e. The van der Waals surface area contributed by atoms with E-state index in [1.165, 1.54) is 0 Å². The summed E-state index contributed by atoms with van der Waals surface area (Å²) in [5.41, 5.74) is 0.856. The number of phenolic OH excluding ortho intramolecular Hbond substituents is 1. The minimum Gasteiger partial charge on any atom is -0.506 e. The monoisotopic (exact) mass is 329 g/mol. The van der Waals surface area contributed by atoms with Gasteiger partial charge in [0.05, 0.1) is 11.7 Å². The van der Waals surface area contributed by atoms with Crippen LogP contribution in [-0.4, -0.2) is 59.8 Å². The minimum absolute atomic E-state index is 0. The number of anilines is 1. The lowest BCUT2D eigenvalue weighted by molar-refractivity contribution is -0.132. The van der Waals surface area contributed by atoms with Gasteiger partial charge < -0.3 is 14.9 Å². The molecule has 2 saturated heterocycles. The van der Waals surface area contributed by atoms with Gasteiger partial charge in [0, 0.05) is 37.8 Å². The van der Waals surface area contributed by atoms with E-state index in [0.717, 1.165) is 43.5 Å². The van der Waals surface area contributed by atoms with Crippen molar-refractivity contribution in [2.45, 2.75) is 6.04 Å². The molecule has 3 rings (SSSR count). The van der Waals surface area contributed by atoms with E-state index in [4.69, 9.17) is 0 Å². The predicted octanol–water partition coefficient (Wildman–Crippen LogP) is 1.13. The third-order valence-corrected chi connectivity index (χ3v) is 4.77. The zero-order valence-corrected chi connectivity index (χ0v) is 13.3. The van der Waals surface area contributed by atoms with Crippen LogP contribution in [0.1, 0.15) is 0 Å². The Labute approximate surface area is 135 Å². The summed E-state index contributed by atoms with van der Waals surface area (Å²) >= 11 is 1.77. The molecule has 7 heteroatoms. The molecule has 0 spiro atoms. The Balaban J connectivity index is 0.00000161. The first-order valence-corrected chi connectivity index (χ1v) is 8.04. The third-order valence-electron chi connectivity index (χ3n) is 3.83. The first-order valence-electron chi connectivity index (χ1n) is 6.88. The number of phenols is 1. The molecular weight excluding hydrogens is 310 g/mol. The summed E-state index contributed by atoms with van der Waals surface area (Å²) < 4.78 is 0. The van der Waals surface area contributed by atoms with Crippen molar-refractivity contribution in [2.24, 2.45) is 0 Å². The number of para-hydroxylation sites is 2. The second kappa shape index (κ2) is 7.24. The van der Waals surface area contributed by atoms with E-state index in [1.807, 2.05) is 23.1 Å². The number of nitrogens with one attached hydrogen (secondary N) is 1. The van der Waals surface area contributed by atoms with E-state index in [1.54, 1.807) is 17.8 Å². The molecule has 1 atom stereocenters. The lowest BCUT2D eigenvalue weighted by Gasteiger charge is -2.37. The van der Waals surface area contributed by atoms with Gasteiger partial charge >= 0.3 is 0 Å². The van der Waals surface area contributed by atoms with E-state index < -0.39 is 0 Å². The lowest BCUT2D eigenvalue weighted by Crippen LogP contribution is -2.53. The zero-order chi connectivity index (χ0) is 13.9. The van der Waals surface area contributed by atoms with Gasteiger partial charge in [0.1, 0.15) is 5.75 Å². The van der Waals surface area contributed by atoms with Crippen LogP contribution in [0.5, 0.6) is 5.75 Å². The van der Waals surface area contributed by atoms with Gasteiger partial charge in [0.15, 0.2) is 0 Å². The van der Waals surface area contributed by atoms with Crippen LogP contribution in [0.25, 0.3) is 0 Å². The van der Waals surface area contributed by atoms with Crippen molar-refractivity contribution < 1.29 is 9.90 Å². The van der Waals surface area contributed by atoms with E-state index in [2.05, 4.69) is 10.2 Å². The molecule has 0 aromatic heterocycles. The lowest BCUT2D eigenvalue weighted by atomic mass is 10.2. The van der Waals surface area contributed by atoms with Gasteiger partial charge in [-0.2, -0.15) is 0 Å². The van der Waals surface area contributed by atoms with Crippen LogP contribution in [0.3, 0.4) is 0 Å². The number of benzene rings is 1. The standard InChI is InChI=1S/C14H19N3O2S.ClH/c18-13-4-2-1-3-12(13)16-5-7-17(8-6-16)14(19)11-9-20-10-15-11;/h1-4,11,15,18H,5-10H2;1H. The number of piperazine rings is 1. The average Bonchev–Trinajstić information content (AvgIpc) is 3.01. The Kier molecular flexibility index (Phi) is 5.61. The van der Waals surface area contributed by atoms with Crippen molar-refractivity contribution in [3.05, 3.63) is 24.3 Å². The number of nitrogens with zero attached hydrogens (tertiary/aromatic N) is 2. The number of hydrogen-bond donors (Lipinski definition) is 2. The maximum Gasteiger partial charge on any atom is 0.240 e. The van der Waals surface area contributed by atoms with Crippen molar-refractivity contribution in [3.8, 4) is 5.75 Å². The van der Waals surface area contributed by atoms with Gasteiger partial charge in [-0.3, -0.25) is 10.1 Å². The molecule has 116 valence electrons. The Morgan fingerprint density at radius 2 is 1.95 bits per heavy atom. The SMILES string of the molecule is Cl.O=C(C1CSCN1)N1CCN(c2ccccc2O)CC1. The predicted molar refractivity (Wildman–Crippen MR) is 88.4 cm³/mol. The average molecular weight is 330 g/mol. The summed E-state index contributed by atoms with van der Waals surface area (Å²) in [6.07, 6.45) is 0. The second-order valence-electron chi connectivity index (χ2n) is 5.07. The van der Waals surface area contributed by atoms with E-state index in [-0.39, 0.29) is 24.4 Å². The summed E-state index contributed by atoms with van der Waals surface area (Å²) in [4.78, 5) is 16.4. The number of hydrogen-bond acceptors (Lipinski definition) is 5.